The van der Waals surface area contributed by atoms with Crippen LogP contribution in [0.25, 0.3) is 0 Å². The van der Waals surface area contributed by atoms with Gasteiger partial charge in [-0.3, -0.25) is 9.59 Å². The van der Waals surface area contributed by atoms with Crippen LogP contribution in [0.1, 0.15) is 33.1 Å². The molecule has 1 amide bonds. The number of hydrogen-bond donors (Lipinski definition) is 1. The number of carbonyl (C=O) groups excluding carboxylic acids is 1. The van der Waals surface area contributed by atoms with E-state index in [2.05, 4.69) is 0 Å². The number of amides is 1. The van der Waals surface area contributed by atoms with Crippen molar-refractivity contribution < 1.29 is 19.4 Å². The molecule has 0 bridgehead atoms. The van der Waals surface area contributed by atoms with Crippen molar-refractivity contribution >= 4 is 11.9 Å². The maximum absolute atomic E-state index is 11.8. The molecule has 1 fully saturated rings. The number of hydrogen-bond acceptors (Lipinski definition) is 3. The van der Waals surface area contributed by atoms with Gasteiger partial charge in [-0.2, -0.15) is 0 Å². The molecule has 1 aliphatic carbocycles. The standard InChI is InChI=1S/C12H21NO4/c1-3-9(2)13(6-12(15)16)11(14)8-17-7-10-4-5-10/h9-10H,3-8H2,1-2H3,(H,15,16). The lowest BCUT2D eigenvalue weighted by atomic mass is 10.2. The van der Waals surface area contributed by atoms with Gasteiger partial charge in [0, 0.05) is 6.04 Å². The molecule has 0 saturated heterocycles. The minimum Gasteiger partial charge on any atom is -0.480 e. The maximum atomic E-state index is 11.8. The Bertz CT molecular complexity index is 276. The van der Waals surface area contributed by atoms with Crippen LogP contribution in [-0.4, -0.2) is 47.7 Å². The van der Waals surface area contributed by atoms with Crippen LogP contribution in [0.15, 0.2) is 0 Å². The molecule has 1 saturated carbocycles. The monoisotopic (exact) mass is 243 g/mol. The average molecular weight is 243 g/mol. The second kappa shape index (κ2) is 6.59. The average Bonchev–Trinajstić information content (AvgIpc) is 3.08. The van der Waals surface area contributed by atoms with Gasteiger partial charge in [-0.15, -0.1) is 0 Å². The van der Waals surface area contributed by atoms with Crippen molar-refractivity contribution in [2.75, 3.05) is 19.8 Å². The third kappa shape index (κ3) is 5.17. The fraction of sp³-hybridized carbons (Fsp3) is 0.833. The summed E-state index contributed by atoms with van der Waals surface area (Å²) in [5, 5.41) is 8.77. The van der Waals surface area contributed by atoms with Crippen LogP contribution in [-0.2, 0) is 14.3 Å². The first-order valence-electron chi connectivity index (χ1n) is 6.13. The molecule has 0 aromatic carbocycles. The van der Waals surface area contributed by atoms with Crippen LogP contribution in [0.4, 0.5) is 0 Å². The molecule has 0 spiro atoms. The Morgan fingerprint density at radius 1 is 1.47 bits per heavy atom. The Morgan fingerprint density at radius 2 is 2.12 bits per heavy atom. The Balaban J connectivity index is 2.36. The highest BCUT2D eigenvalue weighted by molar-refractivity contribution is 5.82. The van der Waals surface area contributed by atoms with Crippen LogP contribution < -0.4 is 0 Å². The number of carboxylic acid groups (broad SMARTS) is 1. The zero-order valence-corrected chi connectivity index (χ0v) is 10.5. The fourth-order valence-electron chi connectivity index (χ4n) is 1.54. The van der Waals surface area contributed by atoms with Gasteiger partial charge in [-0.05, 0) is 32.1 Å². The van der Waals surface area contributed by atoms with E-state index < -0.39 is 5.97 Å². The summed E-state index contributed by atoms with van der Waals surface area (Å²) in [4.78, 5) is 23.9. The molecule has 1 unspecified atom stereocenters. The lowest BCUT2D eigenvalue weighted by molar-refractivity contribution is -0.148. The van der Waals surface area contributed by atoms with E-state index in [4.69, 9.17) is 9.84 Å². The lowest BCUT2D eigenvalue weighted by Gasteiger charge is -2.26. The Labute approximate surface area is 102 Å². The minimum atomic E-state index is -0.985. The van der Waals surface area contributed by atoms with E-state index in [9.17, 15) is 9.59 Å². The molecule has 5 heteroatoms. The summed E-state index contributed by atoms with van der Waals surface area (Å²) in [5.41, 5.74) is 0. The molecule has 0 aliphatic heterocycles. The van der Waals surface area contributed by atoms with E-state index >= 15 is 0 Å². The fourth-order valence-corrected chi connectivity index (χ4v) is 1.54. The molecule has 0 aromatic heterocycles. The highest BCUT2D eigenvalue weighted by Gasteiger charge is 2.24. The van der Waals surface area contributed by atoms with Gasteiger partial charge in [0.05, 0.1) is 6.61 Å². The van der Waals surface area contributed by atoms with E-state index in [1.54, 1.807) is 0 Å². The summed E-state index contributed by atoms with van der Waals surface area (Å²) >= 11 is 0. The molecule has 1 atom stereocenters. The molecule has 1 aliphatic rings. The minimum absolute atomic E-state index is 0.00583. The van der Waals surface area contributed by atoms with E-state index in [1.807, 2.05) is 13.8 Å². The highest BCUT2D eigenvalue weighted by atomic mass is 16.5. The molecule has 1 N–H and O–H groups in total. The summed E-state index contributed by atoms with van der Waals surface area (Å²) in [5.74, 6) is -0.609. The largest absolute Gasteiger partial charge is 0.480 e. The van der Waals surface area contributed by atoms with Gasteiger partial charge in [-0.1, -0.05) is 6.92 Å². The summed E-state index contributed by atoms with van der Waals surface area (Å²) in [6, 6.07) is -0.0666. The van der Waals surface area contributed by atoms with Crippen LogP contribution in [0, 0.1) is 5.92 Å². The van der Waals surface area contributed by atoms with Crippen LogP contribution in [0.2, 0.25) is 0 Å². The van der Waals surface area contributed by atoms with Crippen LogP contribution in [0.3, 0.4) is 0 Å². The molecule has 5 nitrogen and oxygen atoms in total. The predicted octanol–water partition coefficient (Wildman–Crippen LogP) is 1.12. The summed E-state index contributed by atoms with van der Waals surface area (Å²) < 4.78 is 5.29. The molecule has 0 aromatic rings. The number of rotatable bonds is 8. The van der Waals surface area contributed by atoms with Gasteiger partial charge < -0.3 is 14.7 Å². The van der Waals surface area contributed by atoms with Crippen molar-refractivity contribution in [3.8, 4) is 0 Å². The first-order valence-corrected chi connectivity index (χ1v) is 6.13. The number of aliphatic carboxylic acids is 1. The molecule has 0 radical (unpaired) electrons. The quantitative estimate of drug-likeness (QED) is 0.694. The lowest BCUT2D eigenvalue weighted by Crippen LogP contribution is -2.43. The van der Waals surface area contributed by atoms with Crippen molar-refractivity contribution in [1.29, 1.82) is 0 Å². The number of carboxylic acids is 1. The molecule has 17 heavy (non-hydrogen) atoms. The number of nitrogens with zero attached hydrogens (tertiary/aromatic N) is 1. The van der Waals surface area contributed by atoms with E-state index in [0.29, 0.717) is 12.5 Å². The Morgan fingerprint density at radius 3 is 2.59 bits per heavy atom. The third-order valence-corrected chi connectivity index (χ3v) is 3.02. The summed E-state index contributed by atoms with van der Waals surface area (Å²) in [7, 11) is 0. The van der Waals surface area contributed by atoms with Crippen molar-refractivity contribution in [3.05, 3.63) is 0 Å². The van der Waals surface area contributed by atoms with E-state index in [-0.39, 0.29) is 25.1 Å². The second-order valence-electron chi connectivity index (χ2n) is 4.63. The van der Waals surface area contributed by atoms with Gasteiger partial charge >= 0.3 is 5.97 Å². The van der Waals surface area contributed by atoms with Crippen LogP contribution >= 0.6 is 0 Å². The Kier molecular flexibility index (Phi) is 5.41. The van der Waals surface area contributed by atoms with Crippen molar-refractivity contribution in [1.82, 2.24) is 4.90 Å². The summed E-state index contributed by atoms with van der Waals surface area (Å²) in [6.45, 7) is 4.14. The number of carbonyl (C=O) groups is 2. The normalized spacial score (nSPS) is 16.6. The smallest absolute Gasteiger partial charge is 0.323 e. The second-order valence-corrected chi connectivity index (χ2v) is 4.63. The first kappa shape index (κ1) is 14.0. The van der Waals surface area contributed by atoms with Crippen molar-refractivity contribution in [2.24, 2.45) is 5.92 Å². The predicted molar refractivity (Wildman–Crippen MR) is 62.6 cm³/mol. The first-order chi connectivity index (χ1) is 8.04. The summed E-state index contributed by atoms with van der Waals surface area (Å²) in [6.07, 6.45) is 3.10. The van der Waals surface area contributed by atoms with E-state index in [1.165, 1.54) is 17.7 Å². The highest BCUT2D eigenvalue weighted by Crippen LogP contribution is 2.28. The van der Waals surface area contributed by atoms with Gasteiger partial charge in [0.1, 0.15) is 13.2 Å². The van der Waals surface area contributed by atoms with Crippen molar-refractivity contribution in [2.45, 2.75) is 39.2 Å². The van der Waals surface area contributed by atoms with Gasteiger partial charge in [0.25, 0.3) is 0 Å². The maximum Gasteiger partial charge on any atom is 0.323 e. The molecule has 0 heterocycles. The van der Waals surface area contributed by atoms with E-state index in [0.717, 1.165) is 6.42 Å². The number of ether oxygens (including phenoxy) is 1. The zero-order chi connectivity index (χ0) is 12.8. The van der Waals surface area contributed by atoms with Crippen LogP contribution in [0.5, 0.6) is 0 Å². The molecule has 1 rings (SSSR count). The van der Waals surface area contributed by atoms with Gasteiger partial charge in [0.15, 0.2) is 0 Å². The van der Waals surface area contributed by atoms with Gasteiger partial charge in [-0.25, -0.2) is 0 Å². The topological polar surface area (TPSA) is 66.8 Å². The molecular weight excluding hydrogens is 222 g/mol. The molecular formula is C12H21NO4. The van der Waals surface area contributed by atoms with Crippen molar-refractivity contribution in [3.63, 3.8) is 0 Å². The van der Waals surface area contributed by atoms with Gasteiger partial charge in [0.2, 0.25) is 5.91 Å². The molecule has 98 valence electrons. The third-order valence-electron chi connectivity index (χ3n) is 3.02. The zero-order valence-electron chi connectivity index (χ0n) is 10.5. The Hall–Kier alpha value is -1.10. The SMILES string of the molecule is CCC(C)N(CC(=O)O)C(=O)COCC1CC1.